The van der Waals surface area contributed by atoms with Crippen LogP contribution in [0.2, 0.25) is 0 Å². The van der Waals surface area contributed by atoms with Crippen LogP contribution in [0.1, 0.15) is 51.9 Å². The average molecular weight is 266 g/mol. The maximum absolute atomic E-state index is 11.3. The van der Waals surface area contributed by atoms with Gasteiger partial charge in [-0.25, -0.2) is 0 Å². The molecule has 1 saturated carbocycles. The first kappa shape index (κ1) is 14.1. The normalized spacial score (nSPS) is 25.8. The number of carbonyl (C=O) groups is 1. The fourth-order valence-electron chi connectivity index (χ4n) is 2.35. The van der Waals surface area contributed by atoms with Gasteiger partial charge in [0, 0.05) is 6.04 Å². The Morgan fingerprint density at radius 3 is 2.44 bits per heavy atom. The fourth-order valence-corrected chi connectivity index (χ4v) is 2.48. The molecule has 1 rings (SSSR count). The van der Waals surface area contributed by atoms with Gasteiger partial charge in [0.1, 0.15) is 0 Å². The van der Waals surface area contributed by atoms with E-state index in [1.165, 1.54) is 32.1 Å². The summed E-state index contributed by atoms with van der Waals surface area (Å²) >= 11 is 11.0. The standard InChI is InChI=1S/C12H21Cl2NO/c1-2-3-4-9-5-7-10(8-6-9)15-12(16)11(13)14/h9-11H,2-8H2,1H3,(H,15,16). The highest BCUT2D eigenvalue weighted by atomic mass is 35.5. The summed E-state index contributed by atoms with van der Waals surface area (Å²) in [6, 6.07) is 0.283. The quantitative estimate of drug-likeness (QED) is 0.756. The van der Waals surface area contributed by atoms with Crippen molar-refractivity contribution in [1.82, 2.24) is 5.32 Å². The number of amides is 1. The van der Waals surface area contributed by atoms with Gasteiger partial charge < -0.3 is 5.32 Å². The van der Waals surface area contributed by atoms with Gasteiger partial charge in [-0.15, -0.1) is 0 Å². The molecule has 0 bridgehead atoms. The van der Waals surface area contributed by atoms with Gasteiger partial charge in [-0.1, -0.05) is 49.4 Å². The summed E-state index contributed by atoms with van der Waals surface area (Å²) in [7, 11) is 0. The predicted molar refractivity (Wildman–Crippen MR) is 68.9 cm³/mol. The van der Waals surface area contributed by atoms with Crippen molar-refractivity contribution in [1.29, 1.82) is 0 Å². The molecular formula is C12H21Cl2NO. The Bertz CT molecular complexity index is 213. The number of halogens is 2. The second-order valence-corrected chi connectivity index (χ2v) is 5.77. The van der Waals surface area contributed by atoms with Crippen LogP contribution in [0, 0.1) is 5.92 Å². The third-order valence-corrected chi connectivity index (χ3v) is 3.75. The largest absolute Gasteiger partial charge is 0.351 e. The van der Waals surface area contributed by atoms with E-state index in [4.69, 9.17) is 23.2 Å². The van der Waals surface area contributed by atoms with Crippen LogP contribution in [0.15, 0.2) is 0 Å². The van der Waals surface area contributed by atoms with E-state index in [0.717, 1.165) is 18.8 Å². The highest BCUT2D eigenvalue weighted by Crippen LogP contribution is 2.28. The maximum atomic E-state index is 11.3. The highest BCUT2D eigenvalue weighted by Gasteiger charge is 2.23. The number of unbranched alkanes of at least 4 members (excludes halogenated alkanes) is 1. The Hall–Kier alpha value is 0.0500. The van der Waals surface area contributed by atoms with E-state index in [1.807, 2.05) is 0 Å². The number of rotatable bonds is 5. The van der Waals surface area contributed by atoms with Crippen LogP contribution < -0.4 is 5.32 Å². The minimum atomic E-state index is -0.933. The second kappa shape index (κ2) is 7.39. The summed E-state index contributed by atoms with van der Waals surface area (Å²) in [6.07, 6.45) is 8.52. The summed E-state index contributed by atoms with van der Waals surface area (Å²) in [4.78, 5) is 10.4. The summed E-state index contributed by atoms with van der Waals surface area (Å²) in [5.41, 5.74) is 0. The summed E-state index contributed by atoms with van der Waals surface area (Å²) in [6.45, 7) is 2.23. The third-order valence-electron chi connectivity index (χ3n) is 3.36. The van der Waals surface area contributed by atoms with Crippen molar-refractivity contribution >= 4 is 29.1 Å². The van der Waals surface area contributed by atoms with E-state index in [2.05, 4.69) is 12.2 Å². The van der Waals surface area contributed by atoms with Crippen LogP contribution in [0.3, 0.4) is 0 Å². The molecule has 0 spiro atoms. The molecule has 2 nitrogen and oxygen atoms in total. The zero-order valence-corrected chi connectivity index (χ0v) is 11.4. The van der Waals surface area contributed by atoms with Gasteiger partial charge in [-0.3, -0.25) is 4.79 Å². The van der Waals surface area contributed by atoms with Gasteiger partial charge in [0.05, 0.1) is 0 Å². The predicted octanol–water partition coefficient (Wildman–Crippen LogP) is 3.66. The Morgan fingerprint density at radius 1 is 1.31 bits per heavy atom. The summed E-state index contributed by atoms with van der Waals surface area (Å²) in [5.74, 6) is 0.608. The third kappa shape index (κ3) is 4.92. The van der Waals surface area contributed by atoms with Crippen LogP contribution in [-0.4, -0.2) is 16.8 Å². The molecule has 1 fully saturated rings. The average Bonchev–Trinajstić information content (AvgIpc) is 2.28. The number of nitrogens with one attached hydrogen (secondary N) is 1. The molecule has 0 radical (unpaired) electrons. The van der Waals surface area contributed by atoms with E-state index in [1.54, 1.807) is 0 Å². The molecule has 1 amide bonds. The van der Waals surface area contributed by atoms with Gasteiger partial charge >= 0.3 is 0 Å². The van der Waals surface area contributed by atoms with Gasteiger partial charge in [-0.2, -0.15) is 0 Å². The van der Waals surface area contributed by atoms with Gasteiger partial charge in [0.25, 0.3) is 5.91 Å². The topological polar surface area (TPSA) is 29.1 Å². The van der Waals surface area contributed by atoms with Crippen molar-refractivity contribution in [3.63, 3.8) is 0 Å². The zero-order chi connectivity index (χ0) is 12.0. The van der Waals surface area contributed by atoms with E-state index in [9.17, 15) is 4.79 Å². The van der Waals surface area contributed by atoms with Crippen molar-refractivity contribution in [2.24, 2.45) is 5.92 Å². The molecule has 0 aromatic heterocycles. The molecular weight excluding hydrogens is 245 g/mol. The highest BCUT2D eigenvalue weighted by molar-refractivity contribution is 6.53. The first-order valence-corrected chi connectivity index (χ1v) is 7.09. The molecule has 1 aliphatic carbocycles. The lowest BCUT2D eigenvalue weighted by Crippen LogP contribution is -2.40. The van der Waals surface area contributed by atoms with Gasteiger partial charge in [0.2, 0.25) is 0 Å². The zero-order valence-electron chi connectivity index (χ0n) is 9.85. The number of hydrogen-bond donors (Lipinski definition) is 1. The molecule has 0 unspecified atom stereocenters. The Morgan fingerprint density at radius 2 is 1.94 bits per heavy atom. The minimum Gasteiger partial charge on any atom is -0.351 e. The molecule has 16 heavy (non-hydrogen) atoms. The van der Waals surface area contributed by atoms with Crippen LogP contribution >= 0.6 is 23.2 Å². The molecule has 0 saturated heterocycles. The van der Waals surface area contributed by atoms with Crippen molar-refractivity contribution in [3.8, 4) is 0 Å². The smallest absolute Gasteiger partial charge is 0.253 e. The van der Waals surface area contributed by atoms with Crippen LogP contribution in [-0.2, 0) is 4.79 Å². The maximum Gasteiger partial charge on any atom is 0.253 e. The minimum absolute atomic E-state index is 0.250. The molecule has 0 aromatic rings. The molecule has 1 aliphatic rings. The van der Waals surface area contributed by atoms with E-state index < -0.39 is 4.84 Å². The molecule has 0 heterocycles. The molecule has 0 aliphatic heterocycles. The van der Waals surface area contributed by atoms with Crippen LogP contribution in [0.5, 0.6) is 0 Å². The number of alkyl halides is 2. The first-order chi connectivity index (χ1) is 7.63. The van der Waals surface area contributed by atoms with Crippen molar-refractivity contribution < 1.29 is 4.79 Å². The SMILES string of the molecule is CCCCC1CCC(NC(=O)C(Cl)Cl)CC1. The van der Waals surface area contributed by atoms with Gasteiger partial charge in [0.15, 0.2) is 4.84 Å². The van der Waals surface area contributed by atoms with Crippen LogP contribution in [0.4, 0.5) is 0 Å². The number of carbonyl (C=O) groups excluding carboxylic acids is 1. The van der Waals surface area contributed by atoms with Crippen molar-refractivity contribution in [3.05, 3.63) is 0 Å². The lowest BCUT2D eigenvalue weighted by Gasteiger charge is -2.29. The van der Waals surface area contributed by atoms with E-state index in [0.29, 0.717) is 0 Å². The molecule has 0 aromatic carbocycles. The number of hydrogen-bond acceptors (Lipinski definition) is 1. The van der Waals surface area contributed by atoms with E-state index >= 15 is 0 Å². The monoisotopic (exact) mass is 265 g/mol. The molecule has 4 heteroatoms. The second-order valence-electron chi connectivity index (χ2n) is 4.67. The first-order valence-electron chi connectivity index (χ1n) is 6.22. The fraction of sp³-hybridized carbons (Fsp3) is 0.917. The Labute approximate surface area is 108 Å². The molecule has 1 N–H and O–H groups in total. The summed E-state index contributed by atoms with van der Waals surface area (Å²) in [5, 5.41) is 2.89. The molecule has 94 valence electrons. The molecule has 0 atom stereocenters. The lowest BCUT2D eigenvalue weighted by molar-refractivity contribution is -0.120. The van der Waals surface area contributed by atoms with Gasteiger partial charge in [-0.05, 0) is 31.6 Å². The van der Waals surface area contributed by atoms with E-state index in [-0.39, 0.29) is 11.9 Å². The Balaban J connectivity index is 2.19. The Kier molecular flexibility index (Phi) is 6.52. The lowest BCUT2D eigenvalue weighted by atomic mass is 9.83. The summed E-state index contributed by atoms with van der Waals surface area (Å²) < 4.78 is 0. The van der Waals surface area contributed by atoms with Crippen LogP contribution in [0.25, 0.3) is 0 Å². The van der Waals surface area contributed by atoms with Crippen molar-refractivity contribution in [2.75, 3.05) is 0 Å². The van der Waals surface area contributed by atoms with Crippen molar-refractivity contribution in [2.45, 2.75) is 62.7 Å².